The van der Waals surface area contributed by atoms with Crippen LogP contribution in [0, 0.1) is 5.82 Å². The zero-order valence-corrected chi connectivity index (χ0v) is 12.4. The van der Waals surface area contributed by atoms with Crippen molar-refractivity contribution in [1.82, 2.24) is 0 Å². The maximum atomic E-state index is 13.6. The minimum atomic E-state index is -3.82. The lowest BCUT2D eigenvalue weighted by atomic mass is 10.2. The van der Waals surface area contributed by atoms with E-state index < -0.39 is 21.4 Å². The van der Waals surface area contributed by atoms with Crippen molar-refractivity contribution in [2.75, 3.05) is 5.73 Å². The molecular weight excluding hydrogens is 324 g/mol. The molecule has 0 aliphatic rings. The minimum absolute atomic E-state index is 0.0176. The van der Waals surface area contributed by atoms with Gasteiger partial charge in [0.1, 0.15) is 5.82 Å². The van der Waals surface area contributed by atoms with Crippen LogP contribution in [0.3, 0.4) is 0 Å². The van der Waals surface area contributed by atoms with Crippen LogP contribution in [0.2, 0.25) is 10.0 Å². The molecule has 0 unspecified atom stereocenters. The number of hydrogen-bond acceptors (Lipinski definition) is 3. The van der Waals surface area contributed by atoms with Gasteiger partial charge in [0.25, 0.3) is 0 Å². The molecule has 2 aromatic rings. The summed E-state index contributed by atoms with van der Waals surface area (Å²) in [7, 11) is -3.82. The molecule has 0 aliphatic heterocycles. The largest absolute Gasteiger partial charge is 0.399 e. The summed E-state index contributed by atoms with van der Waals surface area (Å²) < 4.78 is 38.2. The lowest BCUT2D eigenvalue weighted by molar-refractivity contribution is 0.587. The van der Waals surface area contributed by atoms with Crippen LogP contribution >= 0.6 is 23.2 Å². The van der Waals surface area contributed by atoms with Gasteiger partial charge in [0.15, 0.2) is 9.84 Å². The lowest BCUT2D eigenvalue weighted by Gasteiger charge is -2.08. The third-order valence-corrected chi connectivity index (χ3v) is 5.02. The van der Waals surface area contributed by atoms with Crippen LogP contribution < -0.4 is 5.73 Å². The second-order valence-corrected chi connectivity index (χ2v) is 6.99. The van der Waals surface area contributed by atoms with Crippen molar-refractivity contribution in [3.63, 3.8) is 0 Å². The standard InChI is InChI=1S/C13H10Cl2FNO2S/c14-9-1-4-12(16)8(5-9)7-20(18,19)13-6-10(17)2-3-11(13)15/h1-6H,7,17H2. The van der Waals surface area contributed by atoms with Gasteiger partial charge in [-0.25, -0.2) is 12.8 Å². The van der Waals surface area contributed by atoms with Crippen LogP contribution in [0.15, 0.2) is 41.3 Å². The van der Waals surface area contributed by atoms with E-state index >= 15 is 0 Å². The van der Waals surface area contributed by atoms with E-state index in [1.807, 2.05) is 0 Å². The number of nitrogens with two attached hydrogens (primary N) is 1. The molecule has 0 fully saturated rings. The van der Waals surface area contributed by atoms with Crippen LogP contribution in [0.5, 0.6) is 0 Å². The highest BCUT2D eigenvalue weighted by atomic mass is 35.5. The van der Waals surface area contributed by atoms with E-state index in [2.05, 4.69) is 0 Å². The number of hydrogen-bond donors (Lipinski definition) is 1. The Labute approximate surface area is 126 Å². The number of rotatable bonds is 3. The van der Waals surface area contributed by atoms with Gasteiger partial charge in [0, 0.05) is 16.3 Å². The average molecular weight is 334 g/mol. The molecule has 0 spiro atoms. The first kappa shape index (κ1) is 15.1. The lowest BCUT2D eigenvalue weighted by Crippen LogP contribution is -2.08. The van der Waals surface area contributed by atoms with Crippen LogP contribution in [0.25, 0.3) is 0 Å². The Morgan fingerprint density at radius 3 is 2.50 bits per heavy atom. The van der Waals surface area contributed by atoms with Crippen LogP contribution in [0.4, 0.5) is 10.1 Å². The maximum Gasteiger partial charge on any atom is 0.184 e. The van der Waals surface area contributed by atoms with Gasteiger partial charge in [-0.2, -0.15) is 0 Å². The fraction of sp³-hybridized carbons (Fsp3) is 0.0769. The predicted molar refractivity (Wildman–Crippen MR) is 78.2 cm³/mol. The summed E-state index contributed by atoms with van der Waals surface area (Å²) in [5.41, 5.74) is 5.80. The van der Waals surface area contributed by atoms with Crippen LogP contribution in [-0.2, 0) is 15.6 Å². The molecule has 7 heteroatoms. The predicted octanol–water partition coefficient (Wildman–Crippen LogP) is 3.69. The summed E-state index contributed by atoms with van der Waals surface area (Å²) >= 11 is 11.6. The Morgan fingerprint density at radius 2 is 1.80 bits per heavy atom. The molecule has 2 N–H and O–H groups in total. The molecule has 0 saturated carbocycles. The minimum Gasteiger partial charge on any atom is -0.399 e. The van der Waals surface area contributed by atoms with Crippen LogP contribution in [0.1, 0.15) is 5.56 Å². The summed E-state index contributed by atoms with van der Waals surface area (Å²) in [6.07, 6.45) is 0. The molecule has 0 atom stereocenters. The van der Waals surface area contributed by atoms with Crippen molar-refractivity contribution < 1.29 is 12.8 Å². The Morgan fingerprint density at radius 1 is 1.10 bits per heavy atom. The topological polar surface area (TPSA) is 60.2 Å². The van der Waals surface area contributed by atoms with Crippen molar-refractivity contribution in [2.24, 2.45) is 0 Å². The van der Waals surface area contributed by atoms with E-state index in [9.17, 15) is 12.8 Å². The molecule has 0 heterocycles. The second kappa shape index (κ2) is 5.60. The monoisotopic (exact) mass is 333 g/mol. The number of halogens is 3. The molecule has 2 rings (SSSR count). The van der Waals surface area contributed by atoms with Gasteiger partial charge >= 0.3 is 0 Å². The number of anilines is 1. The van der Waals surface area contributed by atoms with E-state index in [1.54, 1.807) is 0 Å². The third-order valence-electron chi connectivity index (χ3n) is 2.64. The first-order chi connectivity index (χ1) is 9.29. The summed E-state index contributed by atoms with van der Waals surface area (Å²) in [4.78, 5) is -0.126. The van der Waals surface area contributed by atoms with E-state index in [-0.39, 0.29) is 26.2 Å². The van der Waals surface area contributed by atoms with Gasteiger partial charge in [0.05, 0.1) is 15.7 Å². The first-order valence-electron chi connectivity index (χ1n) is 5.51. The van der Waals surface area contributed by atoms with Gasteiger partial charge in [-0.15, -0.1) is 0 Å². The highest BCUT2D eigenvalue weighted by Crippen LogP contribution is 2.28. The number of nitrogen functional groups attached to an aromatic ring is 1. The van der Waals surface area contributed by atoms with E-state index in [4.69, 9.17) is 28.9 Å². The van der Waals surface area contributed by atoms with Crippen molar-refractivity contribution in [2.45, 2.75) is 10.6 Å². The summed E-state index contributed by atoms with van der Waals surface area (Å²) in [6.45, 7) is 0. The molecule has 106 valence electrons. The molecule has 0 amide bonds. The van der Waals surface area contributed by atoms with Gasteiger partial charge in [-0.3, -0.25) is 0 Å². The highest BCUT2D eigenvalue weighted by Gasteiger charge is 2.21. The van der Waals surface area contributed by atoms with Crippen molar-refractivity contribution in [3.05, 3.63) is 57.8 Å². The van der Waals surface area contributed by atoms with Crippen molar-refractivity contribution in [1.29, 1.82) is 0 Å². The Kier molecular flexibility index (Phi) is 4.22. The van der Waals surface area contributed by atoms with Crippen LogP contribution in [-0.4, -0.2) is 8.42 Å². The average Bonchev–Trinajstić information content (AvgIpc) is 2.36. The highest BCUT2D eigenvalue weighted by molar-refractivity contribution is 7.90. The maximum absolute atomic E-state index is 13.6. The van der Waals surface area contributed by atoms with Gasteiger partial charge in [-0.05, 0) is 36.4 Å². The van der Waals surface area contributed by atoms with Gasteiger partial charge < -0.3 is 5.73 Å². The van der Waals surface area contributed by atoms with Gasteiger partial charge in [0.2, 0.25) is 0 Å². The fourth-order valence-corrected chi connectivity index (χ4v) is 3.83. The molecule has 0 bridgehead atoms. The van der Waals surface area contributed by atoms with Gasteiger partial charge in [-0.1, -0.05) is 23.2 Å². The zero-order chi connectivity index (χ0) is 14.9. The van der Waals surface area contributed by atoms with E-state index in [1.165, 1.54) is 30.3 Å². The fourth-order valence-electron chi connectivity index (χ4n) is 1.69. The van der Waals surface area contributed by atoms with E-state index in [0.29, 0.717) is 0 Å². The van der Waals surface area contributed by atoms with E-state index in [0.717, 1.165) is 6.07 Å². The molecule has 0 aromatic heterocycles. The summed E-state index contributed by atoms with van der Waals surface area (Å²) in [6, 6.07) is 7.86. The molecule has 0 radical (unpaired) electrons. The molecule has 0 saturated heterocycles. The molecule has 20 heavy (non-hydrogen) atoms. The van der Waals surface area contributed by atoms with Crippen molar-refractivity contribution >= 4 is 38.7 Å². The normalized spacial score (nSPS) is 11.6. The number of benzene rings is 2. The van der Waals surface area contributed by atoms with Crippen molar-refractivity contribution in [3.8, 4) is 0 Å². The SMILES string of the molecule is Nc1ccc(Cl)c(S(=O)(=O)Cc2cc(Cl)ccc2F)c1. The third kappa shape index (κ3) is 3.23. The zero-order valence-electron chi connectivity index (χ0n) is 10.1. The Balaban J connectivity index is 2.46. The number of sulfone groups is 1. The second-order valence-electron chi connectivity index (χ2n) is 4.18. The quantitative estimate of drug-likeness (QED) is 0.871. The molecular formula is C13H10Cl2FNO2S. The first-order valence-corrected chi connectivity index (χ1v) is 7.92. The summed E-state index contributed by atoms with van der Waals surface area (Å²) in [5.74, 6) is -1.18. The molecule has 2 aromatic carbocycles. The molecule has 0 aliphatic carbocycles. The molecule has 3 nitrogen and oxygen atoms in total. The summed E-state index contributed by atoms with van der Waals surface area (Å²) in [5, 5.41) is 0.303. The Bertz CT molecular complexity index is 763. The smallest absolute Gasteiger partial charge is 0.184 e. The Hall–Kier alpha value is -1.30.